The van der Waals surface area contributed by atoms with E-state index in [0.29, 0.717) is 5.69 Å². The topological polar surface area (TPSA) is 55.2 Å². The van der Waals surface area contributed by atoms with Crippen LogP contribution in [0.1, 0.15) is 24.6 Å². The van der Waals surface area contributed by atoms with E-state index >= 15 is 0 Å². The van der Waals surface area contributed by atoms with Crippen molar-refractivity contribution in [1.29, 1.82) is 0 Å². The smallest absolute Gasteiger partial charge is 0.222 e. The van der Waals surface area contributed by atoms with Crippen LogP contribution < -0.4 is 0 Å². The summed E-state index contributed by atoms with van der Waals surface area (Å²) < 4.78 is 6.37. The lowest BCUT2D eigenvalue weighted by molar-refractivity contribution is 0.0398. The summed E-state index contributed by atoms with van der Waals surface area (Å²) in [7, 11) is 0. The number of halogens is 2. The maximum absolute atomic E-state index is 9.25. The van der Waals surface area contributed by atoms with Crippen LogP contribution in [-0.4, -0.2) is 21.2 Å². The van der Waals surface area contributed by atoms with Crippen molar-refractivity contribution in [2.45, 2.75) is 25.0 Å². The second kappa shape index (κ2) is 4.69. The lowest BCUT2D eigenvalue weighted by Crippen LogP contribution is -2.09. The fourth-order valence-electron chi connectivity index (χ4n) is 1.67. The molecule has 6 heteroatoms. The molecule has 0 amide bonds. The lowest BCUT2D eigenvalue weighted by atomic mass is 10.1. The maximum Gasteiger partial charge on any atom is 0.222 e. The van der Waals surface area contributed by atoms with Gasteiger partial charge in [0.05, 0.1) is 10.2 Å². The van der Waals surface area contributed by atoms with E-state index < -0.39 is 0 Å². The fraction of sp³-hybridized carbons (Fsp3) is 0.400. The summed E-state index contributed by atoms with van der Waals surface area (Å²) in [5.74, 6) is 0.0544. The molecule has 16 heavy (non-hydrogen) atoms. The van der Waals surface area contributed by atoms with Crippen LogP contribution in [0.25, 0.3) is 0 Å². The van der Waals surface area contributed by atoms with Gasteiger partial charge in [-0.1, -0.05) is 6.58 Å². The summed E-state index contributed by atoms with van der Waals surface area (Å²) in [6.07, 6.45) is 2.61. The maximum atomic E-state index is 9.25. The van der Waals surface area contributed by atoms with Crippen LogP contribution in [0.5, 0.6) is 0 Å². The molecule has 2 unspecified atom stereocenters. The van der Waals surface area contributed by atoms with Crippen LogP contribution in [0, 0.1) is 0 Å². The molecule has 1 aromatic heterocycles. The van der Waals surface area contributed by atoms with Crippen molar-refractivity contribution in [3.8, 4) is 0 Å². The highest BCUT2D eigenvalue weighted by molar-refractivity contribution is 9.10. The van der Waals surface area contributed by atoms with Crippen molar-refractivity contribution in [3.63, 3.8) is 0 Å². The summed E-state index contributed by atoms with van der Waals surface area (Å²) in [5.41, 5.74) is 0.712. The van der Waals surface area contributed by atoms with Gasteiger partial charge < -0.3 is 9.84 Å². The van der Waals surface area contributed by atoms with Crippen LogP contribution in [0.4, 0.5) is 0 Å². The van der Waals surface area contributed by atoms with E-state index in [-0.39, 0.29) is 23.3 Å². The Kier molecular flexibility index (Phi) is 3.47. The second-order valence-corrected chi connectivity index (χ2v) is 4.75. The van der Waals surface area contributed by atoms with Gasteiger partial charge in [-0.05, 0) is 40.4 Å². The zero-order chi connectivity index (χ0) is 11.7. The minimum Gasteiger partial charge on any atom is -0.510 e. The van der Waals surface area contributed by atoms with Crippen molar-refractivity contribution in [3.05, 3.63) is 34.0 Å². The van der Waals surface area contributed by atoms with Gasteiger partial charge in [-0.2, -0.15) is 0 Å². The minimum atomic E-state index is -0.314. The molecule has 1 fully saturated rings. The number of aliphatic hydroxyl groups excluding tert-OH is 1. The van der Waals surface area contributed by atoms with E-state index in [1.54, 1.807) is 6.20 Å². The number of ether oxygens (including phenoxy) is 1. The van der Waals surface area contributed by atoms with Gasteiger partial charge in [-0.25, -0.2) is 9.97 Å². The highest BCUT2D eigenvalue weighted by Gasteiger charge is 2.30. The van der Waals surface area contributed by atoms with Crippen LogP contribution in [0.2, 0.25) is 5.28 Å². The molecule has 1 aliphatic rings. The van der Waals surface area contributed by atoms with Gasteiger partial charge in [0, 0.05) is 6.20 Å². The van der Waals surface area contributed by atoms with Gasteiger partial charge >= 0.3 is 0 Å². The average Bonchev–Trinajstić information content (AvgIpc) is 2.70. The Morgan fingerprint density at radius 2 is 2.38 bits per heavy atom. The van der Waals surface area contributed by atoms with Crippen LogP contribution in [-0.2, 0) is 4.74 Å². The van der Waals surface area contributed by atoms with Gasteiger partial charge in [0.2, 0.25) is 5.28 Å². The third-order valence-electron chi connectivity index (χ3n) is 2.44. The van der Waals surface area contributed by atoms with E-state index in [0.717, 1.165) is 17.3 Å². The Labute approximate surface area is 106 Å². The molecule has 0 bridgehead atoms. The molecule has 1 aliphatic heterocycles. The molecule has 1 aromatic rings. The zero-order valence-corrected chi connectivity index (χ0v) is 10.7. The van der Waals surface area contributed by atoms with Crippen LogP contribution in [0.3, 0.4) is 0 Å². The van der Waals surface area contributed by atoms with Crippen molar-refractivity contribution >= 4 is 27.5 Å². The SMILES string of the molecule is C=C(O)C1CCC(c2nc(Cl)ncc2Br)O1. The van der Waals surface area contributed by atoms with Crippen molar-refractivity contribution < 1.29 is 9.84 Å². The van der Waals surface area contributed by atoms with Gasteiger partial charge in [-0.15, -0.1) is 0 Å². The summed E-state index contributed by atoms with van der Waals surface area (Å²) in [4.78, 5) is 7.97. The predicted octanol–water partition coefficient (Wildman–Crippen LogP) is 3.18. The number of hydrogen-bond donors (Lipinski definition) is 1. The number of aliphatic hydroxyl groups is 1. The Morgan fingerprint density at radius 1 is 1.62 bits per heavy atom. The first-order valence-electron chi connectivity index (χ1n) is 4.79. The third-order valence-corrected chi connectivity index (χ3v) is 3.23. The second-order valence-electron chi connectivity index (χ2n) is 3.55. The van der Waals surface area contributed by atoms with E-state index in [4.69, 9.17) is 16.3 Å². The molecule has 0 spiro atoms. The van der Waals surface area contributed by atoms with Crippen molar-refractivity contribution in [2.24, 2.45) is 0 Å². The Hall–Kier alpha value is -0.650. The fourth-order valence-corrected chi connectivity index (χ4v) is 2.25. The van der Waals surface area contributed by atoms with Crippen molar-refractivity contribution in [2.75, 3.05) is 0 Å². The van der Waals surface area contributed by atoms with Gasteiger partial charge in [0.1, 0.15) is 18.0 Å². The highest BCUT2D eigenvalue weighted by atomic mass is 79.9. The summed E-state index contributed by atoms with van der Waals surface area (Å²) in [6, 6.07) is 0. The van der Waals surface area contributed by atoms with Crippen LogP contribution >= 0.6 is 27.5 Å². The van der Waals surface area contributed by atoms with E-state index in [1.165, 1.54) is 0 Å². The third kappa shape index (κ3) is 2.36. The predicted molar refractivity (Wildman–Crippen MR) is 63.4 cm³/mol. The van der Waals surface area contributed by atoms with E-state index in [1.807, 2.05) is 0 Å². The molecule has 0 aromatic carbocycles. The molecule has 2 atom stereocenters. The first-order chi connectivity index (χ1) is 7.58. The minimum absolute atomic E-state index is 0.0544. The zero-order valence-electron chi connectivity index (χ0n) is 8.36. The Balaban J connectivity index is 2.20. The van der Waals surface area contributed by atoms with Crippen LogP contribution in [0.15, 0.2) is 23.0 Å². The summed E-state index contributed by atoms with van der Waals surface area (Å²) in [6.45, 7) is 3.47. The average molecular weight is 306 g/mol. The Morgan fingerprint density at radius 3 is 3.00 bits per heavy atom. The highest BCUT2D eigenvalue weighted by Crippen LogP contribution is 2.36. The standard InChI is InChI=1S/C10H10BrClN2O2/c1-5(15)7-2-3-8(16-7)9-6(11)4-13-10(12)14-9/h4,7-8,15H,1-3H2. The molecule has 1 saturated heterocycles. The largest absolute Gasteiger partial charge is 0.510 e. The summed E-state index contributed by atoms with van der Waals surface area (Å²) in [5, 5.41) is 9.44. The molecule has 0 radical (unpaired) electrons. The quantitative estimate of drug-likeness (QED) is 0.673. The molecule has 2 heterocycles. The Bertz CT molecular complexity index is 427. The molecule has 86 valence electrons. The molecule has 2 rings (SSSR count). The van der Waals surface area contributed by atoms with E-state index in [2.05, 4.69) is 32.5 Å². The first-order valence-corrected chi connectivity index (χ1v) is 5.96. The number of aromatic nitrogens is 2. The molecule has 4 nitrogen and oxygen atoms in total. The number of hydrogen-bond acceptors (Lipinski definition) is 4. The molecule has 0 aliphatic carbocycles. The number of rotatable bonds is 2. The summed E-state index contributed by atoms with van der Waals surface area (Å²) >= 11 is 9.08. The molecule has 0 saturated carbocycles. The molecular weight excluding hydrogens is 295 g/mol. The molecular formula is C10H10BrClN2O2. The molecule has 1 N–H and O–H groups in total. The van der Waals surface area contributed by atoms with Gasteiger partial charge in [0.25, 0.3) is 0 Å². The monoisotopic (exact) mass is 304 g/mol. The number of nitrogens with zero attached hydrogens (tertiary/aromatic N) is 2. The first kappa shape index (κ1) is 11.8. The van der Waals surface area contributed by atoms with E-state index in [9.17, 15) is 5.11 Å². The van der Waals surface area contributed by atoms with Gasteiger partial charge in [0.15, 0.2) is 0 Å². The van der Waals surface area contributed by atoms with Crippen molar-refractivity contribution in [1.82, 2.24) is 9.97 Å². The van der Waals surface area contributed by atoms with Gasteiger partial charge in [-0.3, -0.25) is 0 Å². The lowest BCUT2D eigenvalue weighted by Gasteiger charge is -2.13. The normalized spacial score (nSPS) is 24.6.